The number of amides is 1. The topological polar surface area (TPSA) is 113 Å². The number of tetrazole rings is 1. The van der Waals surface area contributed by atoms with Gasteiger partial charge in [-0.05, 0) is 10.4 Å². The number of rotatable bonds is 6. The van der Waals surface area contributed by atoms with Crippen LogP contribution in [0.25, 0.3) is 0 Å². The number of nitrogens with two attached hydrogens (primary N) is 2. The Kier molecular flexibility index (Phi) is 4.33. The van der Waals surface area contributed by atoms with Crippen molar-refractivity contribution in [3.63, 3.8) is 0 Å². The predicted molar refractivity (Wildman–Crippen MR) is 51.4 cm³/mol. The van der Waals surface area contributed by atoms with Crippen LogP contribution in [-0.2, 0) is 11.3 Å². The first-order valence-electron chi connectivity index (χ1n) is 4.11. The monoisotopic (exact) mass is 216 g/mol. The van der Waals surface area contributed by atoms with Gasteiger partial charge in [0.05, 0.1) is 6.54 Å². The van der Waals surface area contributed by atoms with Gasteiger partial charge < -0.3 is 11.5 Å². The fourth-order valence-electron chi connectivity index (χ4n) is 0.805. The molecule has 0 aliphatic carbocycles. The third-order valence-corrected chi connectivity index (χ3v) is 2.38. The zero-order valence-corrected chi connectivity index (χ0v) is 8.40. The van der Waals surface area contributed by atoms with Crippen molar-refractivity contribution < 1.29 is 4.79 Å². The second-order valence-electron chi connectivity index (χ2n) is 2.54. The molecule has 0 spiro atoms. The normalized spacial score (nSPS) is 10.4. The molecule has 1 aromatic rings. The van der Waals surface area contributed by atoms with Crippen LogP contribution >= 0.6 is 11.8 Å². The fourth-order valence-corrected chi connectivity index (χ4v) is 1.66. The van der Waals surface area contributed by atoms with E-state index in [1.807, 2.05) is 0 Å². The molecule has 0 atom stereocenters. The van der Waals surface area contributed by atoms with Crippen LogP contribution < -0.4 is 11.5 Å². The van der Waals surface area contributed by atoms with Gasteiger partial charge in [0.1, 0.15) is 0 Å². The maximum atomic E-state index is 10.5. The molecule has 7 nitrogen and oxygen atoms in total. The summed E-state index contributed by atoms with van der Waals surface area (Å²) in [5, 5.41) is 11.7. The van der Waals surface area contributed by atoms with Crippen LogP contribution in [0.4, 0.5) is 0 Å². The number of carbonyl (C=O) groups is 1. The highest BCUT2D eigenvalue weighted by Crippen LogP contribution is 2.13. The van der Waals surface area contributed by atoms with Gasteiger partial charge >= 0.3 is 0 Å². The van der Waals surface area contributed by atoms with Crippen molar-refractivity contribution >= 4 is 17.7 Å². The van der Waals surface area contributed by atoms with E-state index in [1.165, 1.54) is 11.8 Å². The maximum absolute atomic E-state index is 10.5. The number of thioether (sulfide) groups is 1. The SMILES string of the molecule is NCCn1nnnc1SCCC(N)=O. The number of primary amides is 1. The molecule has 0 bridgehead atoms. The summed E-state index contributed by atoms with van der Waals surface area (Å²) in [4.78, 5) is 10.5. The van der Waals surface area contributed by atoms with Gasteiger partial charge in [0.2, 0.25) is 11.1 Å². The molecule has 1 aromatic heterocycles. The summed E-state index contributed by atoms with van der Waals surface area (Å²) in [6.45, 7) is 1.06. The van der Waals surface area contributed by atoms with Crippen LogP contribution in [0.2, 0.25) is 0 Å². The van der Waals surface area contributed by atoms with Gasteiger partial charge in [0.15, 0.2) is 0 Å². The van der Waals surface area contributed by atoms with E-state index in [4.69, 9.17) is 11.5 Å². The van der Waals surface area contributed by atoms with Crippen molar-refractivity contribution in [3.8, 4) is 0 Å². The summed E-state index contributed by atoms with van der Waals surface area (Å²) >= 11 is 1.39. The lowest BCUT2D eigenvalue weighted by Crippen LogP contribution is -2.13. The highest BCUT2D eigenvalue weighted by atomic mass is 32.2. The summed E-state index contributed by atoms with van der Waals surface area (Å²) in [5.41, 5.74) is 10.4. The van der Waals surface area contributed by atoms with Crippen LogP contribution in [0.3, 0.4) is 0 Å². The molecule has 0 unspecified atom stereocenters. The Morgan fingerprint density at radius 1 is 1.57 bits per heavy atom. The first-order chi connectivity index (χ1) is 6.74. The molecule has 14 heavy (non-hydrogen) atoms. The van der Waals surface area contributed by atoms with Crippen molar-refractivity contribution in [1.82, 2.24) is 20.2 Å². The summed E-state index contributed by atoms with van der Waals surface area (Å²) in [5.74, 6) is 0.260. The second kappa shape index (κ2) is 5.55. The van der Waals surface area contributed by atoms with Crippen molar-refractivity contribution in [2.75, 3.05) is 12.3 Å². The van der Waals surface area contributed by atoms with Crippen LogP contribution in [0.1, 0.15) is 6.42 Å². The molecule has 1 amide bonds. The zero-order chi connectivity index (χ0) is 10.4. The molecule has 0 saturated carbocycles. The van der Waals surface area contributed by atoms with Crippen LogP contribution in [-0.4, -0.2) is 38.4 Å². The van der Waals surface area contributed by atoms with Crippen molar-refractivity contribution in [1.29, 1.82) is 0 Å². The summed E-state index contributed by atoms with van der Waals surface area (Å²) in [6.07, 6.45) is 0.320. The molecule has 0 saturated heterocycles. The Morgan fingerprint density at radius 3 is 3.00 bits per heavy atom. The lowest BCUT2D eigenvalue weighted by molar-refractivity contribution is -0.117. The van der Waals surface area contributed by atoms with Crippen LogP contribution in [0.5, 0.6) is 0 Å². The van der Waals surface area contributed by atoms with Gasteiger partial charge in [-0.15, -0.1) is 5.10 Å². The largest absolute Gasteiger partial charge is 0.370 e. The quantitative estimate of drug-likeness (QED) is 0.565. The average Bonchev–Trinajstić information content (AvgIpc) is 2.53. The van der Waals surface area contributed by atoms with E-state index in [0.717, 1.165) is 0 Å². The van der Waals surface area contributed by atoms with E-state index in [-0.39, 0.29) is 5.91 Å². The molecular formula is C6H12N6OS. The molecule has 0 fully saturated rings. The second-order valence-corrected chi connectivity index (χ2v) is 3.60. The summed E-state index contributed by atoms with van der Waals surface area (Å²) in [6, 6.07) is 0. The molecule has 1 rings (SSSR count). The van der Waals surface area contributed by atoms with Gasteiger partial charge in [-0.25, -0.2) is 4.68 Å². The van der Waals surface area contributed by atoms with E-state index >= 15 is 0 Å². The minimum Gasteiger partial charge on any atom is -0.370 e. The third-order valence-electron chi connectivity index (χ3n) is 1.42. The molecule has 4 N–H and O–H groups in total. The third kappa shape index (κ3) is 3.30. The first-order valence-corrected chi connectivity index (χ1v) is 5.10. The molecule has 0 aliphatic heterocycles. The van der Waals surface area contributed by atoms with E-state index in [0.29, 0.717) is 30.4 Å². The van der Waals surface area contributed by atoms with Crippen molar-refractivity contribution in [2.45, 2.75) is 18.1 Å². The smallest absolute Gasteiger partial charge is 0.218 e. The van der Waals surface area contributed by atoms with Gasteiger partial charge in [0, 0.05) is 18.7 Å². The van der Waals surface area contributed by atoms with Crippen molar-refractivity contribution in [2.24, 2.45) is 11.5 Å². The van der Waals surface area contributed by atoms with Gasteiger partial charge in [-0.2, -0.15) is 0 Å². The molecule has 0 radical (unpaired) electrons. The number of hydrogen-bond donors (Lipinski definition) is 2. The standard InChI is InChI=1S/C6H12N6OS/c7-2-3-12-6(9-10-11-12)14-4-1-5(8)13/h1-4,7H2,(H2,8,13). The molecule has 8 heteroatoms. The first kappa shape index (κ1) is 10.9. The minimum absolute atomic E-state index is 0.320. The highest BCUT2D eigenvalue weighted by molar-refractivity contribution is 7.99. The Labute approximate surface area is 85.2 Å². The molecular weight excluding hydrogens is 204 g/mol. The predicted octanol–water partition coefficient (Wildman–Crippen LogP) is -1.40. The Morgan fingerprint density at radius 2 is 2.36 bits per heavy atom. The maximum Gasteiger partial charge on any atom is 0.218 e. The number of nitrogens with zero attached hydrogens (tertiary/aromatic N) is 4. The number of hydrogen-bond acceptors (Lipinski definition) is 6. The molecule has 0 aliphatic rings. The molecule has 1 heterocycles. The number of carbonyl (C=O) groups excluding carboxylic acids is 1. The summed E-state index contributed by atoms with van der Waals surface area (Å²) < 4.78 is 1.60. The Balaban J connectivity index is 2.41. The van der Waals surface area contributed by atoms with E-state index < -0.39 is 0 Å². The Hall–Kier alpha value is -1.15. The van der Waals surface area contributed by atoms with Crippen LogP contribution in [0, 0.1) is 0 Å². The van der Waals surface area contributed by atoms with E-state index in [1.54, 1.807) is 4.68 Å². The lowest BCUT2D eigenvalue weighted by atomic mass is 10.5. The average molecular weight is 216 g/mol. The van der Waals surface area contributed by atoms with Crippen molar-refractivity contribution in [3.05, 3.63) is 0 Å². The Bertz CT molecular complexity index is 300. The number of aromatic nitrogens is 4. The van der Waals surface area contributed by atoms with E-state index in [9.17, 15) is 4.79 Å². The minimum atomic E-state index is -0.324. The fraction of sp³-hybridized carbons (Fsp3) is 0.667. The van der Waals surface area contributed by atoms with Gasteiger partial charge in [0.25, 0.3) is 0 Å². The highest BCUT2D eigenvalue weighted by Gasteiger charge is 2.05. The van der Waals surface area contributed by atoms with Gasteiger partial charge in [-0.1, -0.05) is 11.8 Å². The van der Waals surface area contributed by atoms with Gasteiger partial charge in [-0.3, -0.25) is 4.79 Å². The molecule has 78 valence electrons. The molecule has 0 aromatic carbocycles. The zero-order valence-electron chi connectivity index (χ0n) is 7.59. The van der Waals surface area contributed by atoms with E-state index in [2.05, 4.69) is 15.5 Å². The van der Waals surface area contributed by atoms with Crippen LogP contribution in [0.15, 0.2) is 5.16 Å². The summed E-state index contributed by atoms with van der Waals surface area (Å²) in [7, 11) is 0. The lowest BCUT2D eigenvalue weighted by Gasteiger charge is -2.00.